The molecule has 5 heteroatoms. The van der Waals surface area contributed by atoms with Crippen LogP contribution in [0.4, 0.5) is 0 Å². The molecule has 18 heavy (non-hydrogen) atoms. The van der Waals surface area contributed by atoms with Crippen molar-refractivity contribution in [2.75, 3.05) is 19.8 Å². The highest BCUT2D eigenvalue weighted by Gasteiger charge is 2.18. The first-order valence-electron chi connectivity index (χ1n) is 5.60. The molecule has 0 fully saturated rings. The summed E-state index contributed by atoms with van der Waals surface area (Å²) in [6.07, 6.45) is 4.53. The van der Waals surface area contributed by atoms with E-state index in [1.165, 1.54) is 6.08 Å². The minimum Gasteiger partial charge on any atom is -0.478 e. The van der Waals surface area contributed by atoms with Gasteiger partial charge in [-0.1, -0.05) is 18.2 Å². The molecule has 0 amide bonds. The van der Waals surface area contributed by atoms with E-state index < -0.39 is 18.2 Å². The molecule has 0 aromatic heterocycles. The lowest BCUT2D eigenvalue weighted by atomic mass is 10.1. The summed E-state index contributed by atoms with van der Waals surface area (Å²) in [4.78, 5) is 10.3. The van der Waals surface area contributed by atoms with Crippen molar-refractivity contribution in [1.29, 1.82) is 0 Å². The number of carboxylic acid groups (broad SMARTS) is 1. The molecule has 0 heterocycles. The van der Waals surface area contributed by atoms with Crippen LogP contribution in [-0.4, -0.2) is 48.2 Å². The number of carbonyl (C=O) groups is 1. The molecule has 0 aliphatic rings. The minimum atomic E-state index is -1.03. The molecule has 0 bridgehead atoms. The van der Waals surface area contributed by atoms with Crippen LogP contribution in [0.3, 0.4) is 0 Å². The van der Waals surface area contributed by atoms with Gasteiger partial charge in [0.05, 0.1) is 25.9 Å². The monoisotopic (exact) mass is 256 g/mol. The molecule has 0 saturated heterocycles. The van der Waals surface area contributed by atoms with E-state index >= 15 is 0 Å². The summed E-state index contributed by atoms with van der Waals surface area (Å²) in [6.45, 7) is 7.74. The first-order chi connectivity index (χ1) is 8.61. The molecule has 0 radical (unpaired) electrons. The smallest absolute Gasteiger partial charge is 0.327 e. The Hall–Kier alpha value is -1.43. The highest BCUT2D eigenvalue weighted by Crippen LogP contribution is 2.07. The van der Waals surface area contributed by atoms with Crippen molar-refractivity contribution in [3.8, 4) is 0 Å². The third-order valence-corrected chi connectivity index (χ3v) is 2.01. The van der Waals surface area contributed by atoms with Gasteiger partial charge >= 0.3 is 5.97 Å². The number of hydrogen-bond acceptors (Lipinski definition) is 4. The molecular formula is C13H20O5. The largest absolute Gasteiger partial charge is 0.478 e. The van der Waals surface area contributed by atoms with Crippen LogP contribution >= 0.6 is 0 Å². The zero-order chi connectivity index (χ0) is 13.8. The summed E-state index contributed by atoms with van der Waals surface area (Å²) in [6, 6.07) is 0. The Morgan fingerprint density at radius 2 is 1.94 bits per heavy atom. The summed E-state index contributed by atoms with van der Waals surface area (Å²) in [5.74, 6) is -1.03. The normalized spacial score (nSPS) is 14.3. The predicted octanol–water partition coefficient (Wildman–Crippen LogP) is 1.15. The fourth-order valence-electron chi connectivity index (χ4n) is 1.21. The van der Waals surface area contributed by atoms with Crippen LogP contribution in [0.2, 0.25) is 0 Å². The third kappa shape index (κ3) is 8.69. The van der Waals surface area contributed by atoms with Gasteiger partial charge in [-0.25, -0.2) is 4.79 Å². The summed E-state index contributed by atoms with van der Waals surface area (Å²) < 4.78 is 10.5. The summed E-state index contributed by atoms with van der Waals surface area (Å²) in [5.41, 5.74) is 0. The lowest BCUT2D eigenvalue weighted by Crippen LogP contribution is -2.33. The first kappa shape index (κ1) is 16.6. The second-order valence-corrected chi connectivity index (χ2v) is 3.53. The van der Waals surface area contributed by atoms with Crippen LogP contribution in [0.25, 0.3) is 0 Å². The topological polar surface area (TPSA) is 76.0 Å². The van der Waals surface area contributed by atoms with E-state index in [0.29, 0.717) is 13.0 Å². The fraction of sp³-hybridized carbons (Fsp3) is 0.462. The number of aliphatic carboxylic acids is 1. The molecule has 2 unspecified atom stereocenters. The van der Waals surface area contributed by atoms with Gasteiger partial charge in [0, 0.05) is 6.08 Å². The van der Waals surface area contributed by atoms with Gasteiger partial charge in [-0.3, -0.25) is 0 Å². The van der Waals surface area contributed by atoms with Crippen LogP contribution in [0, 0.1) is 0 Å². The average molecular weight is 256 g/mol. The van der Waals surface area contributed by atoms with Gasteiger partial charge in [0.15, 0.2) is 0 Å². The van der Waals surface area contributed by atoms with Gasteiger partial charge in [-0.05, 0) is 6.42 Å². The lowest BCUT2D eigenvalue weighted by Gasteiger charge is -2.21. The van der Waals surface area contributed by atoms with Gasteiger partial charge in [0.2, 0.25) is 0 Å². The average Bonchev–Trinajstić information content (AvgIpc) is 2.33. The van der Waals surface area contributed by atoms with Gasteiger partial charge < -0.3 is 19.7 Å². The standard InChI is InChI=1S/C13H20O5/c1-3-8-17-10-11(14)12(18-9-4-2)6-5-7-13(15)16/h3-5,7,11-12,14H,1-2,6,8-10H2,(H,15,16). The van der Waals surface area contributed by atoms with E-state index in [1.54, 1.807) is 12.2 Å². The minimum absolute atomic E-state index is 0.106. The van der Waals surface area contributed by atoms with Crippen molar-refractivity contribution in [3.63, 3.8) is 0 Å². The predicted molar refractivity (Wildman–Crippen MR) is 68.4 cm³/mol. The summed E-state index contributed by atoms with van der Waals surface area (Å²) in [7, 11) is 0. The molecule has 0 aliphatic carbocycles. The molecule has 0 aliphatic heterocycles. The molecule has 0 saturated carbocycles. The fourth-order valence-corrected chi connectivity index (χ4v) is 1.21. The van der Waals surface area contributed by atoms with E-state index in [9.17, 15) is 9.90 Å². The van der Waals surface area contributed by atoms with Crippen molar-refractivity contribution < 1.29 is 24.5 Å². The second kappa shape index (κ2) is 10.7. The maximum absolute atomic E-state index is 10.3. The molecule has 0 aromatic rings. The van der Waals surface area contributed by atoms with E-state index in [2.05, 4.69) is 13.2 Å². The van der Waals surface area contributed by atoms with Crippen molar-refractivity contribution in [3.05, 3.63) is 37.5 Å². The second-order valence-electron chi connectivity index (χ2n) is 3.53. The summed E-state index contributed by atoms with van der Waals surface area (Å²) >= 11 is 0. The van der Waals surface area contributed by atoms with Gasteiger partial charge in [0.1, 0.15) is 6.10 Å². The Morgan fingerprint density at radius 1 is 1.28 bits per heavy atom. The Kier molecular flexibility index (Phi) is 9.86. The van der Waals surface area contributed by atoms with E-state index in [4.69, 9.17) is 14.6 Å². The number of carboxylic acids is 1. The van der Waals surface area contributed by atoms with E-state index in [1.807, 2.05) is 0 Å². The highest BCUT2D eigenvalue weighted by atomic mass is 16.5. The third-order valence-electron chi connectivity index (χ3n) is 2.01. The Labute approximate surface area is 107 Å². The first-order valence-corrected chi connectivity index (χ1v) is 5.60. The van der Waals surface area contributed by atoms with E-state index in [-0.39, 0.29) is 13.2 Å². The Morgan fingerprint density at radius 3 is 2.50 bits per heavy atom. The summed E-state index contributed by atoms with van der Waals surface area (Å²) in [5, 5.41) is 18.3. The maximum Gasteiger partial charge on any atom is 0.327 e. The van der Waals surface area contributed by atoms with Crippen molar-refractivity contribution >= 4 is 5.97 Å². The van der Waals surface area contributed by atoms with Crippen LogP contribution in [-0.2, 0) is 14.3 Å². The quantitative estimate of drug-likeness (QED) is 0.329. The molecule has 0 spiro atoms. The van der Waals surface area contributed by atoms with Crippen molar-refractivity contribution in [2.24, 2.45) is 0 Å². The Balaban J connectivity index is 4.21. The number of hydrogen-bond donors (Lipinski definition) is 2. The molecule has 2 atom stereocenters. The number of aliphatic hydroxyl groups is 1. The van der Waals surface area contributed by atoms with Crippen LogP contribution in [0.5, 0.6) is 0 Å². The van der Waals surface area contributed by atoms with Crippen LogP contribution in [0.1, 0.15) is 6.42 Å². The molecule has 5 nitrogen and oxygen atoms in total. The molecule has 0 rings (SSSR count). The van der Waals surface area contributed by atoms with Crippen LogP contribution in [0.15, 0.2) is 37.5 Å². The zero-order valence-corrected chi connectivity index (χ0v) is 10.3. The molecule has 102 valence electrons. The molecule has 0 aromatic carbocycles. The number of aliphatic hydroxyl groups excluding tert-OH is 1. The van der Waals surface area contributed by atoms with Gasteiger partial charge in [-0.2, -0.15) is 0 Å². The number of rotatable bonds is 11. The van der Waals surface area contributed by atoms with Gasteiger partial charge in [-0.15, -0.1) is 13.2 Å². The lowest BCUT2D eigenvalue weighted by molar-refractivity contribution is -0.131. The number of ether oxygens (including phenoxy) is 2. The van der Waals surface area contributed by atoms with Crippen molar-refractivity contribution in [1.82, 2.24) is 0 Å². The highest BCUT2D eigenvalue weighted by molar-refractivity contribution is 5.79. The van der Waals surface area contributed by atoms with E-state index in [0.717, 1.165) is 6.08 Å². The molecule has 2 N–H and O–H groups in total. The SMILES string of the molecule is C=CCOCC(O)C(CC=CC(=O)O)OCC=C. The van der Waals surface area contributed by atoms with Crippen molar-refractivity contribution in [2.45, 2.75) is 18.6 Å². The maximum atomic E-state index is 10.3. The Bertz CT molecular complexity index is 285. The van der Waals surface area contributed by atoms with Gasteiger partial charge in [0.25, 0.3) is 0 Å². The zero-order valence-electron chi connectivity index (χ0n) is 10.3. The molecular weight excluding hydrogens is 236 g/mol. The van der Waals surface area contributed by atoms with Crippen LogP contribution < -0.4 is 0 Å².